The quantitative estimate of drug-likeness (QED) is 0.606. The number of nitrogens with zero attached hydrogens (tertiary/aromatic N) is 1. The van der Waals surface area contributed by atoms with Gasteiger partial charge in [0.15, 0.2) is 0 Å². The zero-order chi connectivity index (χ0) is 14.9. The van der Waals surface area contributed by atoms with Gasteiger partial charge < -0.3 is 5.32 Å². The molecule has 3 nitrogen and oxygen atoms in total. The summed E-state index contributed by atoms with van der Waals surface area (Å²) in [6.07, 6.45) is 0. The standard InChI is InChI=1S/C12H5BrCl2F2N2O/c13-6-3-9(8(17)4-7(6)16)18-12(20)5-1-2-10(14)19-11(5)15/h1-4H,(H,18,20). The first-order valence-electron chi connectivity index (χ1n) is 5.16. The first kappa shape index (κ1) is 15.2. The van der Waals surface area contributed by atoms with Gasteiger partial charge in [-0.2, -0.15) is 0 Å². The topological polar surface area (TPSA) is 42.0 Å². The molecule has 20 heavy (non-hydrogen) atoms. The lowest BCUT2D eigenvalue weighted by molar-refractivity contribution is 0.102. The van der Waals surface area contributed by atoms with Crippen molar-refractivity contribution < 1.29 is 13.6 Å². The van der Waals surface area contributed by atoms with Crippen LogP contribution in [-0.2, 0) is 0 Å². The van der Waals surface area contributed by atoms with Crippen molar-refractivity contribution in [2.45, 2.75) is 0 Å². The van der Waals surface area contributed by atoms with Gasteiger partial charge in [-0.3, -0.25) is 4.79 Å². The summed E-state index contributed by atoms with van der Waals surface area (Å²) >= 11 is 14.3. The van der Waals surface area contributed by atoms with Crippen LogP contribution in [0, 0.1) is 11.6 Å². The number of carbonyl (C=O) groups excluding carboxylic acids is 1. The van der Waals surface area contributed by atoms with E-state index in [2.05, 4.69) is 26.2 Å². The predicted molar refractivity (Wildman–Crippen MR) is 76.3 cm³/mol. The van der Waals surface area contributed by atoms with E-state index in [0.29, 0.717) is 6.07 Å². The summed E-state index contributed by atoms with van der Waals surface area (Å²) in [5, 5.41) is 2.29. The Bertz CT molecular complexity index is 697. The van der Waals surface area contributed by atoms with Gasteiger partial charge in [0.1, 0.15) is 21.9 Å². The van der Waals surface area contributed by atoms with E-state index in [1.54, 1.807) is 0 Å². The third kappa shape index (κ3) is 3.26. The minimum absolute atomic E-state index is 0.0227. The van der Waals surface area contributed by atoms with Crippen LogP contribution in [0.2, 0.25) is 10.3 Å². The van der Waals surface area contributed by atoms with E-state index in [0.717, 1.165) is 6.07 Å². The third-order valence-corrected chi connectivity index (χ3v) is 3.42. The Morgan fingerprint density at radius 2 is 1.90 bits per heavy atom. The Labute approximate surface area is 131 Å². The molecule has 0 radical (unpaired) electrons. The lowest BCUT2D eigenvalue weighted by atomic mass is 10.2. The highest BCUT2D eigenvalue weighted by Crippen LogP contribution is 2.25. The van der Waals surface area contributed by atoms with Crippen molar-refractivity contribution >= 4 is 50.7 Å². The summed E-state index contributed by atoms with van der Waals surface area (Å²) < 4.78 is 26.6. The van der Waals surface area contributed by atoms with Crippen molar-refractivity contribution in [2.75, 3.05) is 5.32 Å². The Kier molecular flexibility index (Phi) is 4.57. The third-order valence-electron chi connectivity index (χ3n) is 2.32. The molecule has 0 aliphatic heterocycles. The predicted octanol–water partition coefficient (Wildman–Crippen LogP) is 4.68. The van der Waals surface area contributed by atoms with Gasteiger partial charge in [-0.15, -0.1) is 0 Å². The maximum absolute atomic E-state index is 13.5. The fourth-order valence-corrected chi connectivity index (χ4v) is 2.16. The minimum atomic E-state index is -0.905. The molecule has 0 aliphatic carbocycles. The zero-order valence-corrected chi connectivity index (χ0v) is 12.7. The van der Waals surface area contributed by atoms with Gasteiger partial charge in [0.2, 0.25) is 0 Å². The van der Waals surface area contributed by atoms with Gasteiger partial charge in [-0.25, -0.2) is 13.8 Å². The monoisotopic (exact) mass is 380 g/mol. The number of hydrogen-bond acceptors (Lipinski definition) is 2. The van der Waals surface area contributed by atoms with Gasteiger partial charge >= 0.3 is 0 Å². The molecule has 104 valence electrons. The second-order valence-electron chi connectivity index (χ2n) is 3.67. The summed E-state index contributed by atoms with van der Waals surface area (Å²) in [5.74, 6) is -2.36. The van der Waals surface area contributed by atoms with Crippen molar-refractivity contribution in [3.8, 4) is 0 Å². The number of halogens is 5. The second-order valence-corrected chi connectivity index (χ2v) is 5.27. The fraction of sp³-hybridized carbons (Fsp3) is 0. The minimum Gasteiger partial charge on any atom is -0.319 e. The lowest BCUT2D eigenvalue weighted by Crippen LogP contribution is -2.14. The average molecular weight is 382 g/mol. The molecular formula is C12H5BrCl2F2N2O. The van der Waals surface area contributed by atoms with Crippen LogP contribution < -0.4 is 5.32 Å². The molecule has 0 spiro atoms. The largest absolute Gasteiger partial charge is 0.319 e. The van der Waals surface area contributed by atoms with E-state index in [-0.39, 0.29) is 26.0 Å². The number of nitrogens with one attached hydrogen (secondary N) is 1. The molecule has 1 amide bonds. The van der Waals surface area contributed by atoms with Crippen LogP contribution in [0.15, 0.2) is 28.7 Å². The number of rotatable bonds is 2. The van der Waals surface area contributed by atoms with Crippen molar-refractivity contribution in [3.05, 3.63) is 56.2 Å². The SMILES string of the molecule is O=C(Nc1cc(Br)c(F)cc1F)c1ccc(Cl)nc1Cl. The average Bonchev–Trinajstić information content (AvgIpc) is 2.35. The maximum atomic E-state index is 13.5. The van der Waals surface area contributed by atoms with E-state index < -0.39 is 17.5 Å². The van der Waals surface area contributed by atoms with Crippen molar-refractivity contribution in [2.24, 2.45) is 0 Å². The molecule has 0 fully saturated rings. The molecule has 8 heteroatoms. The molecule has 0 saturated heterocycles. The first-order chi connectivity index (χ1) is 9.38. The Morgan fingerprint density at radius 3 is 2.55 bits per heavy atom. The number of pyridine rings is 1. The van der Waals surface area contributed by atoms with Crippen LogP contribution >= 0.6 is 39.1 Å². The normalized spacial score (nSPS) is 10.4. The van der Waals surface area contributed by atoms with E-state index in [1.807, 2.05) is 0 Å². The molecule has 1 heterocycles. The number of anilines is 1. The second kappa shape index (κ2) is 6.03. The van der Waals surface area contributed by atoms with Crippen LogP contribution in [0.25, 0.3) is 0 Å². The van der Waals surface area contributed by atoms with Crippen LogP contribution in [-0.4, -0.2) is 10.9 Å². The molecular weight excluding hydrogens is 377 g/mol. The van der Waals surface area contributed by atoms with Crippen LogP contribution in [0.1, 0.15) is 10.4 Å². The fourth-order valence-electron chi connectivity index (χ4n) is 1.39. The van der Waals surface area contributed by atoms with Gasteiger partial charge in [0.05, 0.1) is 15.7 Å². The maximum Gasteiger partial charge on any atom is 0.258 e. The number of carbonyl (C=O) groups is 1. The smallest absolute Gasteiger partial charge is 0.258 e. The molecule has 0 bridgehead atoms. The van der Waals surface area contributed by atoms with Gasteiger partial charge in [0, 0.05) is 6.07 Å². The number of amides is 1. The molecule has 0 saturated carbocycles. The molecule has 1 aromatic carbocycles. The van der Waals surface area contributed by atoms with Gasteiger partial charge in [-0.05, 0) is 34.1 Å². The molecule has 2 aromatic rings. The Balaban J connectivity index is 2.30. The van der Waals surface area contributed by atoms with Crippen molar-refractivity contribution in [1.29, 1.82) is 0 Å². The molecule has 0 unspecified atom stereocenters. The van der Waals surface area contributed by atoms with Crippen molar-refractivity contribution in [3.63, 3.8) is 0 Å². The van der Waals surface area contributed by atoms with Crippen LogP contribution in [0.5, 0.6) is 0 Å². The van der Waals surface area contributed by atoms with Crippen molar-refractivity contribution in [1.82, 2.24) is 4.98 Å². The number of benzene rings is 1. The Hall–Kier alpha value is -1.24. The number of hydrogen-bond donors (Lipinski definition) is 1. The number of aromatic nitrogens is 1. The van der Waals surface area contributed by atoms with Crippen LogP contribution in [0.4, 0.5) is 14.5 Å². The molecule has 0 aliphatic rings. The van der Waals surface area contributed by atoms with Gasteiger partial charge in [-0.1, -0.05) is 23.2 Å². The summed E-state index contributed by atoms with van der Waals surface area (Å²) in [5.41, 5.74) is -0.162. The molecule has 0 atom stereocenters. The summed E-state index contributed by atoms with van der Waals surface area (Å²) in [6.45, 7) is 0. The van der Waals surface area contributed by atoms with E-state index in [9.17, 15) is 13.6 Å². The summed E-state index contributed by atoms with van der Waals surface area (Å²) in [6, 6.07) is 4.49. The van der Waals surface area contributed by atoms with E-state index in [4.69, 9.17) is 23.2 Å². The summed E-state index contributed by atoms with van der Waals surface area (Å²) in [4.78, 5) is 15.6. The highest BCUT2D eigenvalue weighted by atomic mass is 79.9. The Morgan fingerprint density at radius 1 is 1.20 bits per heavy atom. The van der Waals surface area contributed by atoms with Gasteiger partial charge in [0.25, 0.3) is 5.91 Å². The highest BCUT2D eigenvalue weighted by molar-refractivity contribution is 9.10. The zero-order valence-electron chi connectivity index (χ0n) is 9.55. The van der Waals surface area contributed by atoms with E-state index >= 15 is 0 Å². The first-order valence-corrected chi connectivity index (χ1v) is 6.71. The highest BCUT2D eigenvalue weighted by Gasteiger charge is 2.15. The summed E-state index contributed by atoms with van der Waals surface area (Å²) in [7, 11) is 0. The lowest BCUT2D eigenvalue weighted by Gasteiger charge is -2.08. The van der Waals surface area contributed by atoms with Crippen LogP contribution in [0.3, 0.4) is 0 Å². The molecule has 1 aromatic heterocycles. The molecule has 1 N–H and O–H groups in total. The van der Waals surface area contributed by atoms with E-state index in [1.165, 1.54) is 12.1 Å². The molecule has 2 rings (SSSR count).